The van der Waals surface area contributed by atoms with Gasteiger partial charge in [-0.3, -0.25) is 9.59 Å². The molecule has 4 N–H and O–H groups in total. The van der Waals surface area contributed by atoms with Gasteiger partial charge in [0.2, 0.25) is 5.91 Å². The molecule has 0 radical (unpaired) electrons. The topological polar surface area (TPSA) is 137 Å². The van der Waals surface area contributed by atoms with Crippen LogP contribution in [-0.2, 0) is 33.1 Å². The summed E-state index contributed by atoms with van der Waals surface area (Å²) in [5, 5.41) is 14.8. The zero-order valence-corrected chi connectivity index (χ0v) is 20.4. The Morgan fingerprint density at radius 1 is 1.39 bits per heavy atom. The van der Waals surface area contributed by atoms with E-state index in [9.17, 15) is 23.9 Å². The van der Waals surface area contributed by atoms with Gasteiger partial charge in [-0.15, -0.1) is 11.8 Å². The number of benzene rings is 1. The molecule has 186 valence electrons. The van der Waals surface area contributed by atoms with E-state index in [4.69, 9.17) is 15.5 Å². The Morgan fingerprint density at radius 2 is 2.17 bits per heavy atom. The number of fused-ring (bicyclic) bond motifs is 5. The number of cyclic esters (lactones) is 1. The molecule has 5 heterocycles. The second-order valence-corrected chi connectivity index (χ2v) is 10.3. The third-order valence-electron chi connectivity index (χ3n) is 7.42. The van der Waals surface area contributed by atoms with E-state index in [0.717, 1.165) is 21.4 Å². The standard InChI is InChI=1S/C25H23FN4O5S/c1-3-25(34)13-4-17-21-11(7-30(17)23(32)12(13)8-35-24(25)33)19-16(28-18(31)6-27)9-36-22-10(2)14(26)5-15(29-21)20(19)22/h4-5,16,34H,3,6-9,27H2,1-2H3,(H,28,31)/t16-,25+/m1/s1. The Labute approximate surface area is 208 Å². The van der Waals surface area contributed by atoms with Crippen LogP contribution in [0.1, 0.15) is 47.2 Å². The fourth-order valence-electron chi connectivity index (χ4n) is 5.49. The molecule has 3 aromatic rings. The van der Waals surface area contributed by atoms with Crippen molar-refractivity contribution in [3.63, 3.8) is 0 Å². The molecule has 0 saturated heterocycles. The lowest BCUT2D eigenvalue weighted by molar-refractivity contribution is -0.172. The van der Waals surface area contributed by atoms with Gasteiger partial charge in [-0.1, -0.05) is 6.92 Å². The maximum absolute atomic E-state index is 14.9. The lowest BCUT2D eigenvalue weighted by Crippen LogP contribution is -2.44. The van der Waals surface area contributed by atoms with E-state index in [1.54, 1.807) is 19.9 Å². The highest BCUT2D eigenvalue weighted by Crippen LogP contribution is 2.48. The minimum Gasteiger partial charge on any atom is -0.458 e. The van der Waals surface area contributed by atoms with E-state index in [0.29, 0.717) is 28.2 Å². The Hall–Kier alpha value is -3.28. The minimum absolute atomic E-state index is 0.0310. The Bertz CT molecular complexity index is 1590. The van der Waals surface area contributed by atoms with Crippen molar-refractivity contribution in [1.29, 1.82) is 0 Å². The van der Waals surface area contributed by atoms with Crippen molar-refractivity contribution in [2.45, 2.75) is 50.0 Å². The molecule has 1 amide bonds. The van der Waals surface area contributed by atoms with Crippen LogP contribution in [0.2, 0.25) is 0 Å². The number of carbonyl (C=O) groups is 2. The van der Waals surface area contributed by atoms with Crippen LogP contribution in [0.5, 0.6) is 0 Å². The van der Waals surface area contributed by atoms with Crippen molar-refractivity contribution < 1.29 is 23.8 Å². The number of ether oxygens (including phenoxy) is 1. The van der Waals surface area contributed by atoms with Crippen LogP contribution in [0.3, 0.4) is 0 Å². The first-order valence-electron chi connectivity index (χ1n) is 11.6. The summed E-state index contributed by atoms with van der Waals surface area (Å²) in [6.45, 7) is 3.13. The number of aromatic nitrogens is 2. The number of rotatable bonds is 3. The SMILES string of the molecule is CC[C@@]1(O)C(=O)OCc2c1cc1n(c2=O)Cc2c-1nc1cc(F)c(C)c3c1c2[C@H](NC(=O)CN)CS3. The summed E-state index contributed by atoms with van der Waals surface area (Å²) >= 11 is 1.45. The molecular weight excluding hydrogens is 487 g/mol. The molecule has 9 nitrogen and oxygen atoms in total. The number of halogens is 1. The average Bonchev–Trinajstić information content (AvgIpc) is 3.24. The fourth-order valence-corrected chi connectivity index (χ4v) is 6.75. The highest BCUT2D eigenvalue weighted by Gasteiger charge is 2.46. The van der Waals surface area contributed by atoms with Crippen molar-refractivity contribution in [3.05, 3.63) is 56.1 Å². The molecule has 2 aromatic heterocycles. The predicted molar refractivity (Wildman–Crippen MR) is 130 cm³/mol. The number of hydrogen-bond donors (Lipinski definition) is 3. The van der Waals surface area contributed by atoms with Crippen LogP contribution in [0.4, 0.5) is 4.39 Å². The summed E-state index contributed by atoms with van der Waals surface area (Å²) in [6.07, 6.45) is 0.0310. The molecule has 36 heavy (non-hydrogen) atoms. The smallest absolute Gasteiger partial charge is 0.343 e. The molecule has 6 rings (SSSR count). The number of amides is 1. The number of aliphatic hydroxyl groups is 1. The van der Waals surface area contributed by atoms with Crippen molar-refractivity contribution >= 4 is 34.5 Å². The molecule has 3 aliphatic rings. The summed E-state index contributed by atoms with van der Waals surface area (Å²) in [4.78, 5) is 43.8. The van der Waals surface area contributed by atoms with Gasteiger partial charge in [-0.2, -0.15) is 0 Å². The molecule has 2 atom stereocenters. The summed E-state index contributed by atoms with van der Waals surface area (Å²) in [6, 6.07) is 2.57. The molecule has 0 spiro atoms. The zero-order valence-electron chi connectivity index (χ0n) is 19.6. The maximum atomic E-state index is 14.9. The molecule has 0 fully saturated rings. The van der Waals surface area contributed by atoms with Gasteiger partial charge < -0.3 is 25.5 Å². The lowest BCUT2D eigenvalue weighted by atomic mass is 9.86. The fraction of sp³-hybridized carbons (Fsp3) is 0.360. The largest absolute Gasteiger partial charge is 0.458 e. The molecule has 0 unspecified atom stereocenters. The van der Waals surface area contributed by atoms with Gasteiger partial charge in [0.25, 0.3) is 5.56 Å². The predicted octanol–water partition coefficient (Wildman–Crippen LogP) is 1.75. The van der Waals surface area contributed by atoms with E-state index in [1.165, 1.54) is 22.4 Å². The third-order valence-corrected chi connectivity index (χ3v) is 8.72. The van der Waals surface area contributed by atoms with Gasteiger partial charge in [-0.25, -0.2) is 14.2 Å². The third kappa shape index (κ3) is 2.96. The van der Waals surface area contributed by atoms with E-state index in [2.05, 4.69) is 5.32 Å². The Balaban J connectivity index is 1.66. The van der Waals surface area contributed by atoms with E-state index in [-0.39, 0.29) is 48.7 Å². The number of nitrogens with two attached hydrogens (primary N) is 1. The van der Waals surface area contributed by atoms with Crippen molar-refractivity contribution in [2.75, 3.05) is 12.3 Å². The first-order chi connectivity index (χ1) is 17.2. The second-order valence-electron chi connectivity index (χ2n) is 9.30. The summed E-state index contributed by atoms with van der Waals surface area (Å²) in [5.41, 5.74) is 6.99. The van der Waals surface area contributed by atoms with Gasteiger partial charge >= 0.3 is 5.97 Å². The molecule has 0 bridgehead atoms. The van der Waals surface area contributed by atoms with Gasteiger partial charge in [0, 0.05) is 33.2 Å². The summed E-state index contributed by atoms with van der Waals surface area (Å²) in [7, 11) is 0. The molecule has 11 heteroatoms. The summed E-state index contributed by atoms with van der Waals surface area (Å²) in [5.74, 6) is -1.05. The molecular formula is C25H23FN4O5S. The van der Waals surface area contributed by atoms with E-state index < -0.39 is 23.4 Å². The lowest BCUT2D eigenvalue weighted by Gasteiger charge is -2.31. The number of hydrogen-bond acceptors (Lipinski definition) is 8. The van der Waals surface area contributed by atoms with Crippen molar-refractivity contribution in [1.82, 2.24) is 14.9 Å². The number of esters is 1. The highest BCUT2D eigenvalue weighted by molar-refractivity contribution is 7.99. The number of nitrogens with zero attached hydrogens (tertiary/aromatic N) is 2. The number of carbonyl (C=O) groups excluding carboxylic acids is 2. The van der Waals surface area contributed by atoms with Crippen LogP contribution in [0.15, 0.2) is 21.8 Å². The quantitative estimate of drug-likeness (QED) is 0.355. The molecule has 1 aromatic carbocycles. The van der Waals surface area contributed by atoms with Crippen LogP contribution >= 0.6 is 11.8 Å². The van der Waals surface area contributed by atoms with Gasteiger partial charge in [0.1, 0.15) is 12.4 Å². The molecule has 0 saturated carbocycles. The molecule has 0 aliphatic carbocycles. The monoisotopic (exact) mass is 510 g/mol. The first-order valence-corrected chi connectivity index (χ1v) is 12.6. The number of thioether (sulfide) groups is 1. The van der Waals surface area contributed by atoms with Crippen LogP contribution < -0.4 is 16.6 Å². The Kier molecular flexibility index (Phi) is 5.05. The molecule has 3 aliphatic heterocycles. The van der Waals surface area contributed by atoms with Crippen LogP contribution in [-0.4, -0.2) is 38.8 Å². The van der Waals surface area contributed by atoms with Crippen molar-refractivity contribution in [3.8, 4) is 11.4 Å². The maximum Gasteiger partial charge on any atom is 0.343 e. The van der Waals surface area contributed by atoms with Crippen molar-refractivity contribution in [2.24, 2.45) is 5.73 Å². The number of pyridine rings is 2. The van der Waals surface area contributed by atoms with Crippen LogP contribution in [0, 0.1) is 12.7 Å². The second kappa shape index (κ2) is 7.86. The Morgan fingerprint density at radius 3 is 2.89 bits per heavy atom. The summed E-state index contributed by atoms with van der Waals surface area (Å²) < 4.78 is 21.5. The number of nitrogens with one attached hydrogen (secondary N) is 1. The zero-order chi connectivity index (χ0) is 25.5. The van der Waals surface area contributed by atoms with Crippen LogP contribution in [0.25, 0.3) is 22.3 Å². The van der Waals surface area contributed by atoms with Gasteiger partial charge in [-0.05, 0) is 30.5 Å². The van der Waals surface area contributed by atoms with Gasteiger partial charge in [0.15, 0.2) is 5.60 Å². The van der Waals surface area contributed by atoms with E-state index in [1.807, 2.05) is 0 Å². The normalized spacial score (nSPS) is 21.6. The first kappa shape index (κ1) is 23.1. The minimum atomic E-state index is -1.94. The highest BCUT2D eigenvalue weighted by atomic mass is 32.2. The van der Waals surface area contributed by atoms with E-state index >= 15 is 0 Å². The van der Waals surface area contributed by atoms with Gasteiger partial charge in [0.05, 0.1) is 41.6 Å². The average molecular weight is 511 g/mol.